The lowest BCUT2D eigenvalue weighted by molar-refractivity contribution is -0.138. The van der Waals surface area contributed by atoms with E-state index in [2.05, 4.69) is 10.6 Å². The van der Waals surface area contributed by atoms with Crippen LogP contribution in [-0.2, 0) is 14.4 Å². The Morgan fingerprint density at radius 2 is 1.64 bits per heavy atom. The van der Waals surface area contributed by atoms with Gasteiger partial charge >= 0.3 is 5.97 Å². The quantitative estimate of drug-likeness (QED) is 0.577. The number of aliphatic carboxylic acids is 1. The van der Waals surface area contributed by atoms with Crippen LogP contribution in [-0.4, -0.2) is 28.1 Å². The predicted octanol–water partition coefficient (Wildman–Crippen LogP) is 4.23. The van der Waals surface area contributed by atoms with Gasteiger partial charge in [0.05, 0.1) is 11.7 Å². The Kier molecular flexibility index (Phi) is 7.63. The molecule has 1 atom stereocenters. The molecule has 2 aromatic rings. The highest BCUT2D eigenvalue weighted by molar-refractivity contribution is 8.00. The normalized spacial score (nSPS) is 11.5. The lowest BCUT2D eigenvalue weighted by Gasteiger charge is -2.14. The van der Waals surface area contributed by atoms with Crippen molar-refractivity contribution < 1.29 is 19.5 Å². The van der Waals surface area contributed by atoms with Crippen LogP contribution in [0.5, 0.6) is 0 Å². The van der Waals surface area contributed by atoms with Crippen molar-refractivity contribution in [3.63, 3.8) is 0 Å². The maximum Gasteiger partial charge on any atom is 0.303 e. The number of benzene rings is 2. The van der Waals surface area contributed by atoms with Gasteiger partial charge in [0.15, 0.2) is 0 Å². The van der Waals surface area contributed by atoms with Gasteiger partial charge in [-0.3, -0.25) is 14.4 Å². The van der Waals surface area contributed by atoms with Crippen molar-refractivity contribution in [1.29, 1.82) is 0 Å². The zero-order chi connectivity index (χ0) is 20.7. The van der Waals surface area contributed by atoms with Crippen LogP contribution in [0.3, 0.4) is 0 Å². The SMILES string of the molecule is Cc1cc(C)cc(NC(=O)C(C)Sc2cccc(NC(=O)CCC(=O)O)c2)c1. The molecule has 0 saturated heterocycles. The smallest absolute Gasteiger partial charge is 0.303 e. The summed E-state index contributed by atoms with van der Waals surface area (Å²) in [5, 5.41) is 13.9. The Morgan fingerprint density at radius 3 is 2.29 bits per heavy atom. The largest absolute Gasteiger partial charge is 0.481 e. The second-order valence-corrected chi connectivity index (χ2v) is 8.01. The molecule has 28 heavy (non-hydrogen) atoms. The number of anilines is 2. The highest BCUT2D eigenvalue weighted by atomic mass is 32.2. The van der Waals surface area contributed by atoms with Gasteiger partial charge in [-0.1, -0.05) is 12.1 Å². The highest BCUT2D eigenvalue weighted by Crippen LogP contribution is 2.27. The average Bonchev–Trinajstić information content (AvgIpc) is 2.59. The zero-order valence-electron chi connectivity index (χ0n) is 16.1. The third-order valence-electron chi connectivity index (χ3n) is 3.86. The molecule has 7 heteroatoms. The molecule has 2 aromatic carbocycles. The number of nitrogens with one attached hydrogen (secondary N) is 2. The minimum atomic E-state index is -1.01. The van der Waals surface area contributed by atoms with E-state index >= 15 is 0 Å². The monoisotopic (exact) mass is 400 g/mol. The first-order valence-corrected chi connectivity index (χ1v) is 9.78. The van der Waals surface area contributed by atoms with Gasteiger partial charge in [-0.25, -0.2) is 0 Å². The van der Waals surface area contributed by atoms with E-state index in [1.807, 2.05) is 45.0 Å². The maximum absolute atomic E-state index is 12.5. The van der Waals surface area contributed by atoms with Gasteiger partial charge in [-0.2, -0.15) is 0 Å². The average molecular weight is 401 g/mol. The third kappa shape index (κ3) is 7.08. The molecule has 0 saturated carbocycles. The van der Waals surface area contributed by atoms with Gasteiger partial charge < -0.3 is 15.7 Å². The molecule has 0 aliphatic carbocycles. The summed E-state index contributed by atoms with van der Waals surface area (Å²) in [6.07, 6.45) is -0.294. The second-order valence-electron chi connectivity index (χ2n) is 6.60. The van der Waals surface area contributed by atoms with Gasteiger partial charge in [0.2, 0.25) is 11.8 Å². The van der Waals surface area contributed by atoms with E-state index in [0.717, 1.165) is 21.7 Å². The zero-order valence-corrected chi connectivity index (χ0v) is 16.9. The van der Waals surface area contributed by atoms with Crippen molar-refractivity contribution in [2.45, 2.75) is 43.8 Å². The Labute approximate surface area is 168 Å². The molecule has 2 amide bonds. The number of carboxylic acids is 1. The molecule has 0 aliphatic rings. The first kappa shape index (κ1) is 21.5. The molecule has 0 fully saturated rings. The second kappa shape index (κ2) is 9.94. The van der Waals surface area contributed by atoms with Gasteiger partial charge in [-0.05, 0) is 62.2 Å². The molecule has 2 rings (SSSR count). The van der Waals surface area contributed by atoms with E-state index in [4.69, 9.17) is 5.11 Å². The van der Waals surface area contributed by atoms with Crippen LogP contribution in [0.2, 0.25) is 0 Å². The van der Waals surface area contributed by atoms with Crippen LogP contribution in [0, 0.1) is 13.8 Å². The number of hydrogen-bond donors (Lipinski definition) is 3. The van der Waals surface area contributed by atoms with Crippen LogP contribution in [0.25, 0.3) is 0 Å². The Hall–Kier alpha value is -2.80. The van der Waals surface area contributed by atoms with E-state index < -0.39 is 5.97 Å². The highest BCUT2D eigenvalue weighted by Gasteiger charge is 2.15. The minimum Gasteiger partial charge on any atom is -0.481 e. The minimum absolute atomic E-state index is 0.0819. The fourth-order valence-electron chi connectivity index (χ4n) is 2.64. The van der Waals surface area contributed by atoms with Gasteiger partial charge in [0.25, 0.3) is 0 Å². The van der Waals surface area contributed by atoms with Crippen molar-refractivity contribution in [3.8, 4) is 0 Å². The first-order chi connectivity index (χ1) is 13.2. The topological polar surface area (TPSA) is 95.5 Å². The van der Waals surface area contributed by atoms with Crippen molar-refractivity contribution in [3.05, 3.63) is 53.6 Å². The summed E-state index contributed by atoms with van der Waals surface area (Å²) >= 11 is 1.38. The molecular weight excluding hydrogens is 376 g/mol. The first-order valence-electron chi connectivity index (χ1n) is 8.90. The summed E-state index contributed by atoms with van der Waals surface area (Å²) < 4.78 is 0. The van der Waals surface area contributed by atoms with E-state index in [1.54, 1.807) is 18.2 Å². The van der Waals surface area contributed by atoms with Gasteiger partial charge in [0.1, 0.15) is 0 Å². The number of hydrogen-bond acceptors (Lipinski definition) is 4. The Balaban J connectivity index is 1.95. The standard InChI is InChI=1S/C21H24N2O4S/c1-13-9-14(2)11-17(10-13)23-21(27)15(3)28-18-6-4-5-16(12-18)22-19(24)7-8-20(25)26/h4-6,9-12,15H,7-8H2,1-3H3,(H,22,24)(H,23,27)(H,25,26). The number of rotatable bonds is 8. The number of amides is 2. The Bertz CT molecular complexity index is 862. The van der Waals surface area contributed by atoms with Crippen LogP contribution in [0.15, 0.2) is 47.4 Å². The van der Waals surface area contributed by atoms with Crippen LogP contribution in [0.1, 0.15) is 30.9 Å². The van der Waals surface area contributed by atoms with Gasteiger partial charge in [-0.15, -0.1) is 11.8 Å². The molecule has 148 valence electrons. The number of aryl methyl sites for hydroxylation is 2. The van der Waals surface area contributed by atoms with Crippen LogP contribution < -0.4 is 10.6 Å². The third-order valence-corrected chi connectivity index (χ3v) is 4.95. The fraction of sp³-hybridized carbons (Fsp3) is 0.286. The van der Waals surface area contributed by atoms with Crippen LogP contribution in [0.4, 0.5) is 11.4 Å². The number of carbonyl (C=O) groups is 3. The molecule has 3 N–H and O–H groups in total. The lowest BCUT2D eigenvalue weighted by Crippen LogP contribution is -2.22. The van der Waals surface area contributed by atoms with E-state index in [0.29, 0.717) is 5.69 Å². The van der Waals surface area contributed by atoms with Crippen molar-refractivity contribution in [2.75, 3.05) is 10.6 Å². The molecule has 0 bridgehead atoms. The fourth-order valence-corrected chi connectivity index (χ4v) is 3.57. The number of carbonyl (C=O) groups excluding carboxylic acids is 2. The summed E-state index contributed by atoms with van der Waals surface area (Å²) in [6.45, 7) is 5.79. The van der Waals surface area contributed by atoms with Crippen molar-refractivity contribution >= 4 is 40.9 Å². The molecule has 0 spiro atoms. The molecule has 0 radical (unpaired) electrons. The summed E-state index contributed by atoms with van der Waals surface area (Å²) in [6, 6.07) is 13.0. The summed E-state index contributed by atoms with van der Waals surface area (Å²) in [5.41, 5.74) is 3.51. The van der Waals surface area contributed by atoms with Crippen molar-refractivity contribution in [2.24, 2.45) is 0 Å². The molecular formula is C21H24N2O4S. The molecule has 0 heterocycles. The van der Waals surface area contributed by atoms with E-state index in [9.17, 15) is 14.4 Å². The lowest BCUT2D eigenvalue weighted by atomic mass is 10.1. The molecule has 0 aromatic heterocycles. The van der Waals surface area contributed by atoms with Crippen molar-refractivity contribution in [1.82, 2.24) is 0 Å². The molecule has 6 nitrogen and oxygen atoms in total. The summed E-state index contributed by atoms with van der Waals surface area (Å²) in [4.78, 5) is 35.6. The van der Waals surface area contributed by atoms with E-state index in [-0.39, 0.29) is 29.9 Å². The van der Waals surface area contributed by atoms with Crippen LogP contribution >= 0.6 is 11.8 Å². The Morgan fingerprint density at radius 1 is 0.964 bits per heavy atom. The molecule has 0 aliphatic heterocycles. The molecule has 1 unspecified atom stereocenters. The van der Waals surface area contributed by atoms with E-state index in [1.165, 1.54) is 11.8 Å². The van der Waals surface area contributed by atoms with Gasteiger partial charge in [0, 0.05) is 22.7 Å². The number of carboxylic acid groups (broad SMARTS) is 1. The summed E-state index contributed by atoms with van der Waals surface area (Å²) in [7, 11) is 0. The number of thioether (sulfide) groups is 1. The maximum atomic E-state index is 12.5. The predicted molar refractivity (Wildman–Crippen MR) is 112 cm³/mol. The summed E-state index contributed by atoms with van der Waals surface area (Å²) in [5.74, 6) is -1.47.